The van der Waals surface area contributed by atoms with Gasteiger partial charge >= 0.3 is 0 Å². The highest BCUT2D eigenvalue weighted by Crippen LogP contribution is 2.39. The smallest absolute Gasteiger partial charge is 0.244 e. The average molecular weight is 508 g/mol. The number of piperidine rings is 1. The predicted octanol–water partition coefficient (Wildman–Crippen LogP) is 4.37. The second-order valence-electron chi connectivity index (χ2n) is 8.27. The molecule has 1 atom stereocenters. The molecular formula is C23H26ClN3O4S2. The molecule has 0 radical (unpaired) electrons. The Bertz CT molecular complexity index is 1170. The Hall–Kier alpha value is -2.07. The van der Waals surface area contributed by atoms with E-state index in [9.17, 15) is 18.0 Å². The molecule has 0 aliphatic carbocycles. The summed E-state index contributed by atoms with van der Waals surface area (Å²) in [7, 11) is -3.67. The largest absolute Gasteiger partial charge is 0.324 e. The number of benzene rings is 2. The van der Waals surface area contributed by atoms with Crippen molar-refractivity contribution in [3.05, 3.63) is 47.5 Å². The van der Waals surface area contributed by atoms with Crippen LogP contribution in [0.3, 0.4) is 0 Å². The lowest BCUT2D eigenvalue weighted by Crippen LogP contribution is -2.39. The van der Waals surface area contributed by atoms with E-state index in [0.717, 1.165) is 24.2 Å². The maximum absolute atomic E-state index is 13.2. The number of hydrogen-bond donors (Lipinski definition) is 1. The molecule has 1 fully saturated rings. The zero-order valence-corrected chi connectivity index (χ0v) is 20.7. The second-order valence-corrected chi connectivity index (χ2v) is 12.1. The molecule has 2 aliphatic rings. The van der Waals surface area contributed by atoms with Gasteiger partial charge < -0.3 is 10.2 Å². The summed E-state index contributed by atoms with van der Waals surface area (Å²) in [5, 5.41) is 3.25. The maximum atomic E-state index is 13.2. The lowest BCUT2D eigenvalue weighted by atomic mass is 10.2. The van der Waals surface area contributed by atoms with E-state index in [0.29, 0.717) is 29.5 Å². The fraction of sp³-hybridized carbons (Fsp3) is 0.391. The highest BCUT2D eigenvalue weighted by molar-refractivity contribution is 8.00. The van der Waals surface area contributed by atoms with Crippen molar-refractivity contribution in [2.24, 2.45) is 0 Å². The minimum atomic E-state index is -3.67. The normalized spacial score (nSPS) is 19.6. The van der Waals surface area contributed by atoms with E-state index in [-0.39, 0.29) is 34.9 Å². The molecule has 33 heavy (non-hydrogen) atoms. The number of fused-ring (bicyclic) bond motifs is 1. The summed E-state index contributed by atoms with van der Waals surface area (Å²) in [6, 6.07) is 11.6. The Morgan fingerprint density at radius 2 is 1.91 bits per heavy atom. The van der Waals surface area contributed by atoms with E-state index in [1.807, 2.05) is 6.92 Å². The van der Waals surface area contributed by atoms with Crippen molar-refractivity contribution in [2.75, 3.05) is 29.9 Å². The van der Waals surface area contributed by atoms with Gasteiger partial charge in [0.1, 0.15) is 6.54 Å². The van der Waals surface area contributed by atoms with Gasteiger partial charge in [-0.25, -0.2) is 8.42 Å². The summed E-state index contributed by atoms with van der Waals surface area (Å²) in [5.74, 6) is -0.608. The molecule has 10 heteroatoms. The predicted molar refractivity (Wildman–Crippen MR) is 131 cm³/mol. The lowest BCUT2D eigenvalue weighted by molar-refractivity contribution is -0.121. The first kappa shape index (κ1) is 24.1. The molecule has 0 saturated carbocycles. The van der Waals surface area contributed by atoms with Gasteiger partial charge in [-0.05, 0) is 49.2 Å². The molecule has 0 aromatic heterocycles. The molecule has 2 amide bonds. The number of sulfonamides is 1. The minimum Gasteiger partial charge on any atom is -0.324 e. The van der Waals surface area contributed by atoms with Gasteiger partial charge in [0.15, 0.2) is 0 Å². The van der Waals surface area contributed by atoms with Crippen LogP contribution < -0.4 is 10.2 Å². The van der Waals surface area contributed by atoms with Crippen LogP contribution in [0.15, 0.2) is 52.3 Å². The molecule has 176 valence electrons. The third-order valence-electron chi connectivity index (χ3n) is 5.68. The van der Waals surface area contributed by atoms with E-state index in [1.54, 1.807) is 36.4 Å². The first-order chi connectivity index (χ1) is 15.7. The monoisotopic (exact) mass is 507 g/mol. The molecule has 2 aromatic rings. The van der Waals surface area contributed by atoms with E-state index in [4.69, 9.17) is 11.6 Å². The van der Waals surface area contributed by atoms with Gasteiger partial charge in [0.2, 0.25) is 21.8 Å². The molecule has 0 bridgehead atoms. The molecular weight excluding hydrogens is 482 g/mol. The average Bonchev–Trinajstić information content (AvgIpc) is 2.89. The van der Waals surface area contributed by atoms with Crippen LogP contribution in [-0.4, -0.2) is 49.4 Å². The van der Waals surface area contributed by atoms with E-state index in [2.05, 4.69) is 5.32 Å². The van der Waals surface area contributed by atoms with Gasteiger partial charge in [-0.15, -0.1) is 11.8 Å². The Balaban J connectivity index is 1.64. The van der Waals surface area contributed by atoms with Crippen molar-refractivity contribution in [1.82, 2.24) is 4.31 Å². The van der Waals surface area contributed by atoms with Gasteiger partial charge in [0, 0.05) is 40.4 Å². The highest BCUT2D eigenvalue weighted by Gasteiger charge is 2.31. The van der Waals surface area contributed by atoms with Crippen LogP contribution in [0.2, 0.25) is 5.02 Å². The van der Waals surface area contributed by atoms with Crippen LogP contribution in [0.1, 0.15) is 32.6 Å². The molecule has 7 nitrogen and oxygen atoms in total. The standard InChI is InChI=1S/C23H26ClN3O4S2/c1-16-12-23(29)27(15-22(28)25-18-7-5-6-17(24)13-18)20-14-19(8-9-21(20)32-16)33(30,31)26-10-3-2-4-11-26/h5-9,13-14,16H,2-4,10-12,15H2,1H3,(H,25,28)/t16-/m0/s1. The van der Waals surface area contributed by atoms with Crippen molar-refractivity contribution in [3.63, 3.8) is 0 Å². The van der Waals surface area contributed by atoms with Crippen LogP contribution >= 0.6 is 23.4 Å². The Kier molecular flexibility index (Phi) is 7.33. The van der Waals surface area contributed by atoms with Gasteiger partial charge in [0.25, 0.3) is 0 Å². The fourth-order valence-electron chi connectivity index (χ4n) is 4.06. The van der Waals surface area contributed by atoms with Crippen LogP contribution in [0.25, 0.3) is 0 Å². The summed E-state index contributed by atoms with van der Waals surface area (Å²) in [6.07, 6.45) is 2.95. The molecule has 1 N–H and O–H groups in total. The summed E-state index contributed by atoms with van der Waals surface area (Å²) < 4.78 is 28.0. The number of nitrogens with zero attached hydrogens (tertiary/aromatic N) is 2. The number of hydrogen-bond acceptors (Lipinski definition) is 5. The summed E-state index contributed by atoms with van der Waals surface area (Å²) in [6.45, 7) is 2.71. The highest BCUT2D eigenvalue weighted by atomic mass is 35.5. The lowest BCUT2D eigenvalue weighted by Gasteiger charge is -2.27. The number of rotatable bonds is 5. The maximum Gasteiger partial charge on any atom is 0.244 e. The number of anilines is 2. The van der Waals surface area contributed by atoms with Crippen molar-refractivity contribution in [3.8, 4) is 0 Å². The molecule has 2 aromatic carbocycles. The van der Waals surface area contributed by atoms with E-state index >= 15 is 0 Å². The van der Waals surface area contributed by atoms with E-state index in [1.165, 1.54) is 27.0 Å². The Morgan fingerprint density at radius 1 is 1.15 bits per heavy atom. The number of nitrogens with one attached hydrogen (secondary N) is 1. The summed E-state index contributed by atoms with van der Waals surface area (Å²) >= 11 is 7.50. The van der Waals surface area contributed by atoms with Gasteiger partial charge in [-0.2, -0.15) is 4.31 Å². The van der Waals surface area contributed by atoms with Crippen molar-refractivity contribution < 1.29 is 18.0 Å². The van der Waals surface area contributed by atoms with Crippen molar-refractivity contribution in [1.29, 1.82) is 0 Å². The number of thioether (sulfide) groups is 1. The van der Waals surface area contributed by atoms with Gasteiger partial charge in [-0.1, -0.05) is 31.0 Å². The number of halogens is 1. The van der Waals surface area contributed by atoms with Crippen molar-refractivity contribution >= 4 is 56.6 Å². The zero-order chi connectivity index (χ0) is 23.6. The molecule has 0 spiro atoms. The quantitative estimate of drug-likeness (QED) is 0.649. The third-order valence-corrected chi connectivity index (χ3v) is 8.97. The Labute approximate surface area is 203 Å². The number of carbonyl (C=O) groups excluding carboxylic acids is 2. The topological polar surface area (TPSA) is 86.8 Å². The zero-order valence-electron chi connectivity index (χ0n) is 18.3. The third kappa shape index (κ3) is 5.54. The van der Waals surface area contributed by atoms with Crippen molar-refractivity contribution in [2.45, 2.75) is 47.6 Å². The molecule has 0 unspecified atom stereocenters. The summed E-state index contributed by atoms with van der Waals surface area (Å²) in [5.41, 5.74) is 0.979. The molecule has 2 aliphatic heterocycles. The fourth-order valence-corrected chi connectivity index (χ4v) is 6.88. The first-order valence-electron chi connectivity index (χ1n) is 10.9. The van der Waals surface area contributed by atoms with Crippen LogP contribution in [0, 0.1) is 0 Å². The van der Waals surface area contributed by atoms with Crippen LogP contribution in [0.4, 0.5) is 11.4 Å². The van der Waals surface area contributed by atoms with Crippen LogP contribution in [0.5, 0.6) is 0 Å². The Morgan fingerprint density at radius 3 is 2.64 bits per heavy atom. The number of amides is 2. The molecule has 2 heterocycles. The second kappa shape index (κ2) is 10.0. The van der Waals surface area contributed by atoms with Gasteiger partial charge in [-0.3, -0.25) is 9.59 Å². The number of carbonyl (C=O) groups is 2. The summed E-state index contributed by atoms with van der Waals surface area (Å²) in [4.78, 5) is 28.1. The van der Waals surface area contributed by atoms with Crippen LogP contribution in [-0.2, 0) is 19.6 Å². The van der Waals surface area contributed by atoms with Gasteiger partial charge in [0.05, 0.1) is 10.6 Å². The minimum absolute atomic E-state index is 0.00166. The SMILES string of the molecule is C[C@H]1CC(=O)N(CC(=O)Nc2cccc(Cl)c2)c2cc(S(=O)(=O)N3CCCCC3)ccc2S1. The molecule has 4 rings (SSSR count). The van der Waals surface area contributed by atoms with E-state index < -0.39 is 10.0 Å². The first-order valence-corrected chi connectivity index (χ1v) is 13.6. The molecule has 1 saturated heterocycles.